The average molecular weight is 297 g/mol. The van der Waals surface area contributed by atoms with Gasteiger partial charge < -0.3 is 5.11 Å². The van der Waals surface area contributed by atoms with Crippen molar-refractivity contribution < 1.29 is 27.1 Å². The van der Waals surface area contributed by atoms with Crippen molar-refractivity contribution in [3.63, 3.8) is 0 Å². The summed E-state index contributed by atoms with van der Waals surface area (Å²) < 4.78 is 50.6. The van der Waals surface area contributed by atoms with Gasteiger partial charge in [0.25, 0.3) is 0 Å². The fraction of sp³-hybridized carbons (Fsp3) is 0.909. The molecule has 0 aromatic carbocycles. The highest BCUT2D eigenvalue weighted by Crippen LogP contribution is 2.43. The molecule has 0 aromatic rings. The van der Waals surface area contributed by atoms with Gasteiger partial charge in [-0.05, 0) is 11.8 Å². The molecular formula is C11H17F2NO4S. The number of alkyl halides is 2. The van der Waals surface area contributed by atoms with E-state index in [2.05, 4.69) is 0 Å². The molecule has 2 aliphatic rings. The Hall–Kier alpha value is -0.760. The number of nitrogens with zero attached hydrogens (tertiary/aromatic N) is 1. The molecule has 5 nitrogen and oxygen atoms in total. The highest BCUT2D eigenvalue weighted by molar-refractivity contribution is 7.89. The molecule has 2 rings (SSSR count). The van der Waals surface area contributed by atoms with Crippen LogP contribution >= 0.6 is 0 Å². The van der Waals surface area contributed by atoms with E-state index in [9.17, 15) is 22.0 Å². The van der Waals surface area contributed by atoms with E-state index in [0.717, 1.165) is 4.31 Å². The Morgan fingerprint density at radius 2 is 1.95 bits per heavy atom. The molecule has 1 heterocycles. The van der Waals surface area contributed by atoms with Gasteiger partial charge in [0, 0.05) is 25.9 Å². The minimum absolute atomic E-state index is 0.0536. The van der Waals surface area contributed by atoms with Gasteiger partial charge in [0.2, 0.25) is 15.9 Å². The van der Waals surface area contributed by atoms with Crippen molar-refractivity contribution in [3.8, 4) is 0 Å². The fourth-order valence-electron chi connectivity index (χ4n) is 2.78. The first-order chi connectivity index (χ1) is 8.61. The van der Waals surface area contributed by atoms with Gasteiger partial charge >= 0.3 is 5.97 Å². The molecule has 0 aromatic heterocycles. The Morgan fingerprint density at radius 1 is 1.37 bits per heavy atom. The van der Waals surface area contributed by atoms with E-state index in [4.69, 9.17) is 5.11 Å². The number of hydrogen-bond donors (Lipinski definition) is 1. The first-order valence-electron chi connectivity index (χ1n) is 6.19. The number of halogens is 2. The van der Waals surface area contributed by atoms with Crippen LogP contribution in [0.2, 0.25) is 0 Å². The van der Waals surface area contributed by atoms with Crippen molar-refractivity contribution in [3.05, 3.63) is 0 Å². The molecule has 2 fully saturated rings. The maximum atomic E-state index is 12.7. The molecule has 8 heteroatoms. The van der Waals surface area contributed by atoms with Gasteiger partial charge in [0.1, 0.15) is 0 Å². The Bertz CT molecular complexity index is 471. The highest BCUT2D eigenvalue weighted by Gasteiger charge is 2.48. The van der Waals surface area contributed by atoms with Crippen LogP contribution in [-0.4, -0.2) is 48.6 Å². The lowest BCUT2D eigenvalue weighted by atomic mass is 9.83. The van der Waals surface area contributed by atoms with Gasteiger partial charge in [-0.1, -0.05) is 6.92 Å². The molecule has 1 aliphatic heterocycles. The summed E-state index contributed by atoms with van der Waals surface area (Å²) in [6, 6.07) is 0. The predicted molar refractivity (Wildman–Crippen MR) is 63.3 cm³/mol. The number of carboxylic acid groups (broad SMARTS) is 1. The highest BCUT2D eigenvalue weighted by atomic mass is 32.2. The van der Waals surface area contributed by atoms with Crippen LogP contribution in [0, 0.1) is 17.8 Å². The normalized spacial score (nSPS) is 32.2. The van der Waals surface area contributed by atoms with Gasteiger partial charge in [-0.2, -0.15) is 0 Å². The molecule has 1 N–H and O–H groups in total. The molecule has 0 radical (unpaired) electrons. The standard InChI is InChI=1S/C11H17F2NO4S/c1-7-4-14(5-9(7)10(15)16)19(17,18)6-8-2-11(12,13)3-8/h7-9H,2-6H2,1H3,(H,15,16)/t7-,9-/m1/s1. The molecule has 1 saturated carbocycles. The Labute approximate surface area is 110 Å². The van der Waals surface area contributed by atoms with E-state index >= 15 is 0 Å². The van der Waals surface area contributed by atoms with E-state index in [-0.39, 0.29) is 24.8 Å². The molecule has 1 aliphatic carbocycles. The molecule has 0 unspecified atom stereocenters. The maximum absolute atomic E-state index is 12.7. The summed E-state index contributed by atoms with van der Waals surface area (Å²) in [5.74, 6) is -5.53. The van der Waals surface area contributed by atoms with Gasteiger partial charge in [-0.3, -0.25) is 4.79 Å². The zero-order valence-corrected chi connectivity index (χ0v) is 11.4. The summed E-state index contributed by atoms with van der Waals surface area (Å²) in [6.07, 6.45) is -0.782. The molecular weight excluding hydrogens is 280 g/mol. The number of hydrogen-bond acceptors (Lipinski definition) is 3. The molecule has 19 heavy (non-hydrogen) atoms. The van der Waals surface area contributed by atoms with Crippen molar-refractivity contribution >= 4 is 16.0 Å². The first-order valence-corrected chi connectivity index (χ1v) is 7.80. The summed E-state index contributed by atoms with van der Waals surface area (Å²) >= 11 is 0. The van der Waals surface area contributed by atoms with Gasteiger partial charge in [0.15, 0.2) is 0 Å². The summed E-state index contributed by atoms with van der Waals surface area (Å²) in [6.45, 7) is 1.79. The topological polar surface area (TPSA) is 74.7 Å². The van der Waals surface area contributed by atoms with Crippen LogP contribution in [0.25, 0.3) is 0 Å². The van der Waals surface area contributed by atoms with Gasteiger partial charge in [-0.25, -0.2) is 21.5 Å². The number of carboxylic acids is 1. The van der Waals surface area contributed by atoms with Gasteiger partial charge in [-0.15, -0.1) is 0 Å². The Kier molecular flexibility index (Phi) is 3.59. The summed E-state index contributed by atoms with van der Waals surface area (Å²) in [4.78, 5) is 10.9. The zero-order chi connectivity index (χ0) is 14.4. The zero-order valence-electron chi connectivity index (χ0n) is 10.6. The van der Waals surface area contributed by atoms with Crippen LogP contribution in [0.1, 0.15) is 19.8 Å². The van der Waals surface area contributed by atoms with Gasteiger partial charge in [0.05, 0.1) is 11.7 Å². The average Bonchev–Trinajstić information content (AvgIpc) is 2.57. The molecule has 1 saturated heterocycles. The Morgan fingerprint density at radius 3 is 2.37 bits per heavy atom. The number of aliphatic carboxylic acids is 1. The fourth-order valence-corrected chi connectivity index (χ4v) is 4.67. The molecule has 0 spiro atoms. The van der Waals surface area contributed by atoms with Crippen LogP contribution in [0.3, 0.4) is 0 Å². The summed E-state index contributed by atoms with van der Waals surface area (Å²) in [7, 11) is -3.63. The number of carbonyl (C=O) groups is 1. The predicted octanol–water partition coefficient (Wildman–Crippen LogP) is 1.01. The van der Waals surface area contributed by atoms with E-state index in [1.165, 1.54) is 0 Å². The minimum atomic E-state index is -3.63. The van der Waals surface area contributed by atoms with E-state index in [1.807, 2.05) is 0 Å². The second-order valence-corrected chi connectivity index (χ2v) is 7.66. The summed E-state index contributed by atoms with van der Waals surface area (Å²) in [5.41, 5.74) is 0. The largest absolute Gasteiger partial charge is 0.481 e. The van der Waals surface area contributed by atoms with E-state index in [1.54, 1.807) is 6.92 Å². The van der Waals surface area contributed by atoms with Crippen LogP contribution in [0.4, 0.5) is 8.78 Å². The van der Waals surface area contributed by atoms with Crippen molar-refractivity contribution in [2.24, 2.45) is 17.8 Å². The summed E-state index contributed by atoms with van der Waals surface area (Å²) in [5, 5.41) is 8.95. The van der Waals surface area contributed by atoms with Crippen molar-refractivity contribution in [1.29, 1.82) is 0 Å². The lowest BCUT2D eigenvalue weighted by Gasteiger charge is -2.35. The maximum Gasteiger partial charge on any atom is 0.308 e. The first kappa shape index (κ1) is 14.6. The third-order valence-electron chi connectivity index (χ3n) is 3.91. The second kappa shape index (κ2) is 4.66. The third kappa shape index (κ3) is 3.05. The second-order valence-electron chi connectivity index (χ2n) is 5.65. The van der Waals surface area contributed by atoms with E-state index in [0.29, 0.717) is 0 Å². The molecule has 0 amide bonds. The molecule has 2 atom stereocenters. The van der Waals surface area contributed by atoms with Crippen LogP contribution in [0.15, 0.2) is 0 Å². The quantitative estimate of drug-likeness (QED) is 0.840. The SMILES string of the molecule is C[C@@H]1CN(S(=O)(=O)CC2CC(F)(F)C2)C[C@H]1C(=O)O. The third-order valence-corrected chi connectivity index (χ3v) is 5.89. The van der Waals surface area contributed by atoms with E-state index < -0.39 is 46.6 Å². The van der Waals surface area contributed by atoms with Crippen molar-refractivity contribution in [2.75, 3.05) is 18.8 Å². The van der Waals surface area contributed by atoms with Crippen molar-refractivity contribution in [1.82, 2.24) is 4.31 Å². The van der Waals surface area contributed by atoms with Crippen LogP contribution < -0.4 is 0 Å². The molecule has 0 bridgehead atoms. The monoisotopic (exact) mass is 297 g/mol. The van der Waals surface area contributed by atoms with Crippen molar-refractivity contribution in [2.45, 2.75) is 25.7 Å². The lowest BCUT2D eigenvalue weighted by Crippen LogP contribution is -2.42. The molecule has 110 valence electrons. The smallest absolute Gasteiger partial charge is 0.308 e. The minimum Gasteiger partial charge on any atom is -0.481 e. The van der Waals surface area contributed by atoms with Crippen LogP contribution in [-0.2, 0) is 14.8 Å². The lowest BCUT2D eigenvalue weighted by molar-refractivity contribution is -0.142. The number of rotatable bonds is 4. The van der Waals surface area contributed by atoms with Crippen LogP contribution in [0.5, 0.6) is 0 Å². The Balaban J connectivity index is 1.96. The number of sulfonamides is 1.